The highest BCUT2D eigenvalue weighted by atomic mass is 79.9. The van der Waals surface area contributed by atoms with E-state index in [1.807, 2.05) is 64.6 Å². The molecule has 5 nitrogen and oxygen atoms in total. The summed E-state index contributed by atoms with van der Waals surface area (Å²) in [6.45, 7) is 0. The fourth-order valence-electron chi connectivity index (χ4n) is 3.90. The van der Waals surface area contributed by atoms with Crippen molar-refractivity contribution in [3.05, 3.63) is 91.0 Å². The normalized spacial score (nSPS) is 12.0. The van der Waals surface area contributed by atoms with Crippen LogP contribution in [-0.4, -0.2) is 9.97 Å². The summed E-state index contributed by atoms with van der Waals surface area (Å²) < 4.78 is 8.20. The molecule has 0 unspecified atom stereocenters. The summed E-state index contributed by atoms with van der Waals surface area (Å²) in [6.07, 6.45) is 0. The van der Waals surface area contributed by atoms with Crippen LogP contribution in [0.15, 0.2) is 101 Å². The Hall–Kier alpha value is -3.55. The molecule has 0 amide bonds. The first-order chi connectivity index (χ1) is 16.2. The van der Waals surface area contributed by atoms with E-state index in [4.69, 9.17) is 10.5 Å². The zero-order valence-electron chi connectivity index (χ0n) is 17.3. The van der Waals surface area contributed by atoms with Gasteiger partial charge in [-0.2, -0.15) is 4.98 Å². The number of anilines is 3. The second kappa shape index (κ2) is 8.10. The minimum absolute atomic E-state index is 0.221. The van der Waals surface area contributed by atoms with Gasteiger partial charge in [-0.05, 0) is 48.0 Å². The average Bonchev–Trinajstić information content (AvgIpc) is 2.86. The molecule has 0 bridgehead atoms. The molecule has 6 rings (SSSR count). The van der Waals surface area contributed by atoms with Crippen LogP contribution in [0.3, 0.4) is 0 Å². The molecule has 2 heterocycles. The number of nitrogens with two attached hydrogens (primary N) is 1. The molecule has 0 spiro atoms. The molecular formula is C26H17BrN4OS. The van der Waals surface area contributed by atoms with Crippen molar-refractivity contribution >= 4 is 56.3 Å². The summed E-state index contributed by atoms with van der Waals surface area (Å²) in [4.78, 5) is 11.2. The standard InChI is InChI=1S/C26H17BrN4OS/c27-31(17-7-2-1-3-8-17)25-19-15-16(13-14-20(19)29-26(28)30-25)18-9-6-12-23-24(18)32-21-10-4-5-11-22(21)33-23/h1-15H,(H2,28,29,30). The predicted molar refractivity (Wildman–Crippen MR) is 138 cm³/mol. The molecule has 0 aliphatic carbocycles. The topological polar surface area (TPSA) is 64.3 Å². The van der Waals surface area contributed by atoms with Crippen LogP contribution in [0.1, 0.15) is 0 Å². The number of hydrogen-bond acceptors (Lipinski definition) is 6. The van der Waals surface area contributed by atoms with E-state index in [1.54, 1.807) is 11.8 Å². The zero-order valence-corrected chi connectivity index (χ0v) is 19.7. The van der Waals surface area contributed by atoms with Gasteiger partial charge in [-0.15, -0.1) is 0 Å². The van der Waals surface area contributed by atoms with Crippen LogP contribution >= 0.6 is 27.9 Å². The third kappa shape index (κ3) is 3.59. The van der Waals surface area contributed by atoms with Crippen molar-refractivity contribution in [2.24, 2.45) is 0 Å². The van der Waals surface area contributed by atoms with Gasteiger partial charge >= 0.3 is 0 Å². The Balaban J connectivity index is 1.50. The summed E-state index contributed by atoms with van der Waals surface area (Å²) in [6, 6.07) is 30.4. The van der Waals surface area contributed by atoms with E-state index in [2.05, 4.69) is 56.4 Å². The van der Waals surface area contributed by atoms with Gasteiger partial charge in [-0.1, -0.05) is 60.3 Å². The van der Waals surface area contributed by atoms with E-state index in [0.717, 1.165) is 49.0 Å². The molecule has 0 atom stereocenters. The first kappa shape index (κ1) is 20.1. The summed E-state index contributed by atoms with van der Waals surface area (Å²) in [5.74, 6) is 2.63. The van der Waals surface area contributed by atoms with Crippen molar-refractivity contribution in [2.45, 2.75) is 9.79 Å². The van der Waals surface area contributed by atoms with Crippen molar-refractivity contribution < 1.29 is 4.74 Å². The molecule has 4 aromatic carbocycles. The van der Waals surface area contributed by atoms with E-state index in [1.165, 1.54) is 0 Å². The van der Waals surface area contributed by atoms with Crippen molar-refractivity contribution in [1.29, 1.82) is 0 Å². The summed E-state index contributed by atoms with van der Waals surface area (Å²) >= 11 is 5.39. The highest BCUT2D eigenvalue weighted by Gasteiger charge is 2.22. The number of halogens is 1. The van der Waals surface area contributed by atoms with Gasteiger partial charge in [0.1, 0.15) is 11.5 Å². The highest BCUT2D eigenvalue weighted by molar-refractivity contribution is 9.10. The van der Waals surface area contributed by atoms with Gasteiger partial charge < -0.3 is 10.5 Å². The van der Waals surface area contributed by atoms with Gasteiger partial charge in [0.25, 0.3) is 0 Å². The van der Waals surface area contributed by atoms with E-state index >= 15 is 0 Å². The Morgan fingerprint density at radius 1 is 0.818 bits per heavy atom. The minimum atomic E-state index is 0.221. The molecule has 33 heavy (non-hydrogen) atoms. The number of ether oxygens (including phenoxy) is 1. The van der Waals surface area contributed by atoms with Crippen LogP contribution in [0.25, 0.3) is 22.0 Å². The van der Waals surface area contributed by atoms with E-state index in [9.17, 15) is 0 Å². The fraction of sp³-hybridized carbons (Fsp3) is 0. The maximum Gasteiger partial charge on any atom is 0.222 e. The van der Waals surface area contributed by atoms with Gasteiger partial charge in [0.05, 0.1) is 37.1 Å². The van der Waals surface area contributed by atoms with Crippen LogP contribution in [0, 0.1) is 0 Å². The first-order valence-corrected chi connectivity index (χ1v) is 11.9. The van der Waals surface area contributed by atoms with Crippen LogP contribution < -0.4 is 14.4 Å². The van der Waals surface area contributed by atoms with Crippen LogP contribution in [-0.2, 0) is 0 Å². The molecule has 0 saturated heterocycles. The second-order valence-corrected chi connectivity index (χ2v) is 9.33. The Morgan fingerprint density at radius 3 is 2.48 bits per heavy atom. The molecule has 0 saturated carbocycles. The number of fused-ring (bicyclic) bond motifs is 3. The predicted octanol–water partition coefficient (Wildman–Crippen LogP) is 7.58. The third-order valence-electron chi connectivity index (χ3n) is 5.43. The number of rotatable bonds is 3. The van der Waals surface area contributed by atoms with Crippen molar-refractivity contribution in [3.63, 3.8) is 0 Å². The number of hydrogen-bond donors (Lipinski definition) is 1. The van der Waals surface area contributed by atoms with Gasteiger partial charge in [-0.25, -0.2) is 4.98 Å². The lowest BCUT2D eigenvalue weighted by Crippen LogP contribution is -2.07. The lowest BCUT2D eigenvalue weighted by molar-refractivity contribution is 0.456. The monoisotopic (exact) mass is 512 g/mol. The summed E-state index contributed by atoms with van der Waals surface area (Å²) in [5, 5.41) is 0.879. The highest BCUT2D eigenvalue weighted by Crippen LogP contribution is 2.50. The van der Waals surface area contributed by atoms with E-state index in [0.29, 0.717) is 5.82 Å². The Morgan fingerprint density at radius 2 is 1.61 bits per heavy atom. The number of nitrogens with zero attached hydrogens (tertiary/aromatic N) is 3. The maximum atomic E-state index is 6.35. The van der Waals surface area contributed by atoms with Crippen LogP contribution in [0.4, 0.5) is 17.5 Å². The third-order valence-corrected chi connectivity index (χ3v) is 7.28. The molecular weight excluding hydrogens is 496 g/mol. The molecule has 2 N–H and O–H groups in total. The zero-order chi connectivity index (χ0) is 22.4. The van der Waals surface area contributed by atoms with Crippen LogP contribution in [0.2, 0.25) is 0 Å². The number of benzene rings is 4. The Kier molecular flexibility index (Phi) is 4.93. The van der Waals surface area contributed by atoms with Gasteiger partial charge in [0.2, 0.25) is 5.95 Å². The molecule has 7 heteroatoms. The molecule has 0 radical (unpaired) electrons. The minimum Gasteiger partial charge on any atom is -0.454 e. The SMILES string of the molecule is Nc1nc(N(Br)c2ccccc2)c2cc(-c3cccc4c3Oc3ccccc3S4)ccc2n1. The molecule has 1 aromatic heterocycles. The second-order valence-electron chi connectivity index (χ2n) is 7.54. The maximum absolute atomic E-state index is 6.35. The first-order valence-electron chi connectivity index (χ1n) is 10.3. The summed E-state index contributed by atoms with van der Waals surface area (Å²) in [7, 11) is 0. The van der Waals surface area contributed by atoms with E-state index < -0.39 is 0 Å². The Bertz CT molecular complexity index is 1510. The molecule has 1 aliphatic rings. The van der Waals surface area contributed by atoms with Crippen molar-refractivity contribution in [2.75, 3.05) is 9.66 Å². The van der Waals surface area contributed by atoms with Crippen LogP contribution in [0.5, 0.6) is 11.5 Å². The van der Waals surface area contributed by atoms with E-state index in [-0.39, 0.29) is 5.95 Å². The van der Waals surface area contributed by atoms with Gasteiger partial charge in [0, 0.05) is 10.9 Å². The quantitative estimate of drug-likeness (QED) is 0.246. The number of para-hydroxylation sites is 3. The lowest BCUT2D eigenvalue weighted by atomic mass is 10.0. The Labute approximate surface area is 203 Å². The largest absolute Gasteiger partial charge is 0.454 e. The lowest BCUT2D eigenvalue weighted by Gasteiger charge is -2.22. The molecule has 1 aliphatic heterocycles. The molecule has 0 fully saturated rings. The fourth-order valence-corrected chi connectivity index (χ4v) is 5.40. The number of nitrogen functional groups attached to an aromatic ring is 1. The van der Waals surface area contributed by atoms with Gasteiger partial charge in [0.15, 0.2) is 5.82 Å². The summed E-state index contributed by atoms with van der Waals surface area (Å²) in [5.41, 5.74) is 9.78. The van der Waals surface area contributed by atoms with Crippen molar-refractivity contribution in [1.82, 2.24) is 9.97 Å². The number of aromatic nitrogens is 2. The average molecular weight is 513 g/mol. The smallest absolute Gasteiger partial charge is 0.222 e. The van der Waals surface area contributed by atoms with Gasteiger partial charge in [-0.3, -0.25) is 3.93 Å². The van der Waals surface area contributed by atoms with Crippen molar-refractivity contribution in [3.8, 4) is 22.6 Å². The molecule has 160 valence electrons. The molecule has 5 aromatic rings.